The lowest BCUT2D eigenvalue weighted by molar-refractivity contribution is 0.477. The molecule has 8 heteroatoms. The first-order chi connectivity index (χ1) is 12.0. The summed E-state index contributed by atoms with van der Waals surface area (Å²) in [4.78, 5) is 8.84. The maximum Gasteiger partial charge on any atom is 0.243 e. The second-order valence-electron chi connectivity index (χ2n) is 5.95. The summed E-state index contributed by atoms with van der Waals surface area (Å²) in [5.41, 5.74) is 0.966. The number of nitrogens with zero attached hydrogens (tertiary/aromatic N) is 3. The molecule has 0 amide bonds. The maximum absolute atomic E-state index is 12.5. The molecule has 1 aromatic carbocycles. The van der Waals surface area contributed by atoms with Gasteiger partial charge < -0.3 is 5.32 Å². The number of rotatable bonds is 6. The molecule has 0 unspecified atom stereocenters. The topological polar surface area (TPSA) is 75.2 Å². The number of benzene rings is 1. The summed E-state index contributed by atoms with van der Waals surface area (Å²) >= 11 is 5.98. The van der Waals surface area contributed by atoms with E-state index in [2.05, 4.69) is 15.3 Å². The largest absolute Gasteiger partial charge is 0.366 e. The Morgan fingerprint density at radius 1 is 1.16 bits per heavy atom. The summed E-state index contributed by atoms with van der Waals surface area (Å²) in [7, 11) is -3.36. The van der Waals surface area contributed by atoms with Crippen LogP contribution in [-0.2, 0) is 23.0 Å². The molecule has 134 valence electrons. The molecule has 0 radical (unpaired) electrons. The van der Waals surface area contributed by atoms with Crippen molar-refractivity contribution in [2.75, 3.05) is 18.4 Å². The highest BCUT2D eigenvalue weighted by Crippen LogP contribution is 2.21. The second kappa shape index (κ2) is 7.68. The Labute approximate surface area is 153 Å². The predicted octanol–water partition coefficient (Wildman–Crippen LogP) is 3.09. The van der Waals surface area contributed by atoms with Crippen LogP contribution in [0.5, 0.6) is 0 Å². The van der Waals surface area contributed by atoms with Crippen LogP contribution < -0.4 is 5.32 Å². The molecule has 2 heterocycles. The van der Waals surface area contributed by atoms with E-state index in [9.17, 15) is 8.42 Å². The third kappa shape index (κ3) is 4.29. The standard InChI is InChI=1S/C17H21ClN4O2S/c1-2-16-20-15(18)11-17(21-16)19-12-13-5-7-14(8-6-13)25(23,24)22-9-3-4-10-22/h5-8,11H,2-4,9-10,12H2,1H3,(H,19,20,21). The normalized spacial score (nSPS) is 15.4. The maximum atomic E-state index is 12.5. The first-order valence-electron chi connectivity index (χ1n) is 8.35. The van der Waals surface area contributed by atoms with Crippen LogP contribution in [-0.4, -0.2) is 35.8 Å². The summed E-state index contributed by atoms with van der Waals surface area (Å²) in [5, 5.41) is 3.60. The molecule has 0 bridgehead atoms. The Balaban J connectivity index is 1.68. The molecule has 0 spiro atoms. The molecule has 1 saturated heterocycles. The van der Waals surface area contributed by atoms with Gasteiger partial charge in [0.1, 0.15) is 16.8 Å². The molecule has 1 aromatic heterocycles. The van der Waals surface area contributed by atoms with Gasteiger partial charge in [-0.25, -0.2) is 18.4 Å². The van der Waals surface area contributed by atoms with Gasteiger partial charge in [-0.05, 0) is 30.5 Å². The lowest BCUT2D eigenvalue weighted by atomic mass is 10.2. The van der Waals surface area contributed by atoms with E-state index in [1.54, 1.807) is 22.5 Å². The SMILES string of the molecule is CCc1nc(Cl)cc(NCc2ccc(S(=O)(=O)N3CCCC3)cc2)n1. The summed E-state index contributed by atoms with van der Waals surface area (Å²) in [6.07, 6.45) is 2.57. The van der Waals surface area contributed by atoms with E-state index >= 15 is 0 Å². The van der Waals surface area contributed by atoms with Crippen molar-refractivity contribution in [3.05, 3.63) is 46.9 Å². The van der Waals surface area contributed by atoms with Crippen LogP contribution in [0.2, 0.25) is 5.15 Å². The number of aryl methyl sites for hydroxylation is 1. The number of sulfonamides is 1. The minimum absolute atomic E-state index is 0.344. The van der Waals surface area contributed by atoms with Crippen LogP contribution in [0.1, 0.15) is 31.2 Å². The highest BCUT2D eigenvalue weighted by atomic mass is 35.5. The molecule has 1 N–H and O–H groups in total. The van der Waals surface area contributed by atoms with Gasteiger partial charge in [0, 0.05) is 32.1 Å². The van der Waals surface area contributed by atoms with E-state index < -0.39 is 10.0 Å². The Kier molecular flexibility index (Phi) is 5.56. The van der Waals surface area contributed by atoms with Crippen LogP contribution in [0.15, 0.2) is 35.2 Å². The monoisotopic (exact) mass is 380 g/mol. The van der Waals surface area contributed by atoms with E-state index in [-0.39, 0.29) is 0 Å². The number of aromatic nitrogens is 2. The van der Waals surface area contributed by atoms with Crippen molar-refractivity contribution in [2.24, 2.45) is 0 Å². The molecule has 6 nitrogen and oxygen atoms in total. The van der Waals surface area contributed by atoms with E-state index in [0.29, 0.717) is 47.7 Å². The fraction of sp³-hybridized carbons (Fsp3) is 0.412. The van der Waals surface area contributed by atoms with E-state index in [1.165, 1.54) is 0 Å². The lowest BCUT2D eigenvalue weighted by Crippen LogP contribution is -2.27. The predicted molar refractivity (Wildman–Crippen MR) is 98.2 cm³/mol. The second-order valence-corrected chi connectivity index (χ2v) is 8.28. The molecule has 25 heavy (non-hydrogen) atoms. The van der Waals surface area contributed by atoms with Gasteiger partial charge in [-0.2, -0.15) is 4.31 Å². The van der Waals surface area contributed by atoms with Crippen LogP contribution >= 0.6 is 11.6 Å². The minimum Gasteiger partial charge on any atom is -0.366 e. The molecule has 0 saturated carbocycles. The molecule has 0 atom stereocenters. The zero-order valence-electron chi connectivity index (χ0n) is 14.1. The first-order valence-corrected chi connectivity index (χ1v) is 10.2. The first kappa shape index (κ1) is 18.1. The summed E-state index contributed by atoms with van der Waals surface area (Å²) in [5.74, 6) is 1.34. The van der Waals surface area contributed by atoms with Gasteiger partial charge in [0.2, 0.25) is 10.0 Å². The summed E-state index contributed by atoms with van der Waals surface area (Å²) in [6.45, 7) is 3.72. The third-order valence-corrected chi connectivity index (χ3v) is 6.26. The molecule has 0 aliphatic carbocycles. The van der Waals surface area contributed by atoms with Crippen molar-refractivity contribution in [1.29, 1.82) is 0 Å². The van der Waals surface area contributed by atoms with Gasteiger partial charge in [-0.1, -0.05) is 30.7 Å². The lowest BCUT2D eigenvalue weighted by Gasteiger charge is -2.15. The fourth-order valence-corrected chi connectivity index (χ4v) is 4.48. The third-order valence-electron chi connectivity index (χ3n) is 4.16. The zero-order chi connectivity index (χ0) is 17.9. The Morgan fingerprint density at radius 3 is 2.48 bits per heavy atom. The summed E-state index contributed by atoms with van der Waals surface area (Å²) < 4.78 is 26.6. The quantitative estimate of drug-likeness (QED) is 0.779. The van der Waals surface area contributed by atoms with Gasteiger partial charge in [-0.3, -0.25) is 0 Å². The van der Waals surface area contributed by atoms with Gasteiger partial charge in [0.05, 0.1) is 4.90 Å². The fourth-order valence-electron chi connectivity index (χ4n) is 2.76. The zero-order valence-corrected chi connectivity index (χ0v) is 15.6. The van der Waals surface area contributed by atoms with Crippen LogP contribution in [0, 0.1) is 0 Å². The van der Waals surface area contributed by atoms with Gasteiger partial charge in [-0.15, -0.1) is 0 Å². The van der Waals surface area contributed by atoms with Crippen molar-refractivity contribution in [3.63, 3.8) is 0 Å². The molecular weight excluding hydrogens is 360 g/mol. The smallest absolute Gasteiger partial charge is 0.243 e. The Morgan fingerprint density at radius 2 is 1.84 bits per heavy atom. The molecule has 1 aliphatic rings. The summed E-state index contributed by atoms with van der Waals surface area (Å²) in [6, 6.07) is 8.63. The van der Waals surface area contributed by atoms with Gasteiger partial charge >= 0.3 is 0 Å². The molecular formula is C17H21ClN4O2S. The average Bonchev–Trinajstić information content (AvgIpc) is 3.15. The van der Waals surface area contributed by atoms with E-state index in [1.807, 2.05) is 19.1 Å². The van der Waals surface area contributed by atoms with Crippen molar-refractivity contribution in [1.82, 2.24) is 14.3 Å². The number of halogens is 1. The van der Waals surface area contributed by atoms with Gasteiger partial charge in [0.25, 0.3) is 0 Å². The van der Waals surface area contributed by atoms with E-state index in [4.69, 9.17) is 11.6 Å². The van der Waals surface area contributed by atoms with Crippen molar-refractivity contribution in [3.8, 4) is 0 Å². The molecule has 2 aromatic rings. The Bertz CT molecular complexity index is 834. The highest BCUT2D eigenvalue weighted by Gasteiger charge is 2.26. The molecule has 1 fully saturated rings. The van der Waals surface area contributed by atoms with Crippen molar-refractivity contribution in [2.45, 2.75) is 37.6 Å². The number of nitrogens with one attached hydrogen (secondary N) is 1. The molecule has 3 rings (SSSR count). The average molecular weight is 381 g/mol. The van der Waals surface area contributed by atoms with Crippen LogP contribution in [0.25, 0.3) is 0 Å². The number of anilines is 1. The highest BCUT2D eigenvalue weighted by molar-refractivity contribution is 7.89. The van der Waals surface area contributed by atoms with Crippen LogP contribution in [0.4, 0.5) is 5.82 Å². The number of hydrogen-bond donors (Lipinski definition) is 1. The van der Waals surface area contributed by atoms with Crippen molar-refractivity contribution < 1.29 is 8.42 Å². The van der Waals surface area contributed by atoms with Crippen molar-refractivity contribution >= 4 is 27.4 Å². The number of hydrogen-bond acceptors (Lipinski definition) is 5. The van der Waals surface area contributed by atoms with Crippen LogP contribution in [0.3, 0.4) is 0 Å². The molecule has 1 aliphatic heterocycles. The van der Waals surface area contributed by atoms with Gasteiger partial charge in [0.15, 0.2) is 0 Å². The Hall–Kier alpha value is -1.70. The van der Waals surface area contributed by atoms with E-state index in [0.717, 1.165) is 18.4 Å². The minimum atomic E-state index is -3.36.